The molecule has 0 radical (unpaired) electrons. The molecule has 21 heavy (non-hydrogen) atoms. The molecule has 0 saturated carbocycles. The Balaban J connectivity index is 2.35. The van der Waals surface area contributed by atoms with E-state index in [1.807, 2.05) is 0 Å². The standard InChI is InChI=1S/C15H18FNO4/c1-15(14(19)20)7-3-4-8-17(15)13(18)10-5-6-11(16)12(9-10)21-2/h5-6,9H,3-4,7-8H2,1-2H3,(H,19,20). The van der Waals surface area contributed by atoms with Gasteiger partial charge in [0, 0.05) is 12.1 Å². The van der Waals surface area contributed by atoms with E-state index in [0.29, 0.717) is 13.0 Å². The maximum absolute atomic E-state index is 13.4. The maximum atomic E-state index is 13.4. The van der Waals surface area contributed by atoms with Crippen molar-refractivity contribution in [3.05, 3.63) is 29.6 Å². The predicted octanol–water partition coefficient (Wildman–Crippen LogP) is 2.30. The number of likely N-dealkylation sites (tertiary alicyclic amines) is 1. The fourth-order valence-electron chi connectivity index (χ4n) is 2.62. The lowest BCUT2D eigenvalue weighted by atomic mass is 9.88. The van der Waals surface area contributed by atoms with E-state index in [2.05, 4.69) is 0 Å². The zero-order chi connectivity index (χ0) is 15.6. The lowest BCUT2D eigenvalue weighted by molar-refractivity contribution is -0.150. The Hall–Kier alpha value is -2.11. The lowest BCUT2D eigenvalue weighted by Crippen LogP contribution is -2.57. The highest BCUT2D eigenvalue weighted by atomic mass is 19.1. The molecule has 1 N–H and O–H groups in total. The van der Waals surface area contributed by atoms with Gasteiger partial charge in [-0.05, 0) is 44.4 Å². The average molecular weight is 295 g/mol. The number of nitrogens with zero attached hydrogens (tertiary/aromatic N) is 1. The van der Waals surface area contributed by atoms with E-state index in [-0.39, 0.29) is 11.3 Å². The van der Waals surface area contributed by atoms with Crippen LogP contribution < -0.4 is 4.74 Å². The van der Waals surface area contributed by atoms with Crippen LogP contribution in [0.25, 0.3) is 0 Å². The van der Waals surface area contributed by atoms with E-state index in [4.69, 9.17) is 4.74 Å². The van der Waals surface area contributed by atoms with Gasteiger partial charge in [-0.1, -0.05) is 0 Å². The number of carbonyl (C=O) groups excluding carboxylic acids is 1. The molecule has 1 amide bonds. The largest absolute Gasteiger partial charge is 0.494 e. The first-order valence-corrected chi connectivity index (χ1v) is 6.79. The number of aliphatic carboxylic acids is 1. The second-order valence-electron chi connectivity index (χ2n) is 5.34. The maximum Gasteiger partial charge on any atom is 0.329 e. The number of hydrogen-bond donors (Lipinski definition) is 1. The minimum Gasteiger partial charge on any atom is -0.494 e. The van der Waals surface area contributed by atoms with Gasteiger partial charge in [0.2, 0.25) is 0 Å². The molecule has 1 atom stereocenters. The van der Waals surface area contributed by atoms with Crippen molar-refractivity contribution in [2.75, 3.05) is 13.7 Å². The third kappa shape index (κ3) is 2.70. The van der Waals surface area contributed by atoms with Gasteiger partial charge in [0.05, 0.1) is 7.11 Å². The smallest absolute Gasteiger partial charge is 0.329 e. The van der Waals surface area contributed by atoms with E-state index in [0.717, 1.165) is 18.9 Å². The zero-order valence-electron chi connectivity index (χ0n) is 12.1. The first kappa shape index (κ1) is 15.3. The molecule has 6 heteroatoms. The number of rotatable bonds is 3. The van der Waals surface area contributed by atoms with E-state index < -0.39 is 23.2 Å². The summed E-state index contributed by atoms with van der Waals surface area (Å²) in [5.74, 6) is -2.04. The van der Waals surface area contributed by atoms with Crippen LogP contribution in [0.5, 0.6) is 5.75 Å². The molecule has 1 aliphatic heterocycles. The normalized spacial score (nSPS) is 22.0. The number of ether oxygens (including phenoxy) is 1. The quantitative estimate of drug-likeness (QED) is 0.929. The summed E-state index contributed by atoms with van der Waals surface area (Å²) in [6.45, 7) is 1.93. The summed E-state index contributed by atoms with van der Waals surface area (Å²) in [6.07, 6.45) is 1.93. The Morgan fingerprint density at radius 1 is 1.38 bits per heavy atom. The molecule has 2 rings (SSSR count). The molecular formula is C15H18FNO4. The Morgan fingerprint density at radius 3 is 2.71 bits per heavy atom. The molecule has 114 valence electrons. The van der Waals surface area contributed by atoms with Crippen LogP contribution in [0.1, 0.15) is 36.5 Å². The lowest BCUT2D eigenvalue weighted by Gasteiger charge is -2.41. The summed E-state index contributed by atoms with van der Waals surface area (Å²) in [6, 6.07) is 3.79. The van der Waals surface area contributed by atoms with Gasteiger partial charge in [0.25, 0.3) is 5.91 Å². The molecule has 0 aromatic heterocycles. The van der Waals surface area contributed by atoms with Crippen molar-refractivity contribution in [3.63, 3.8) is 0 Å². The highest BCUT2D eigenvalue weighted by Crippen LogP contribution is 2.30. The summed E-state index contributed by atoms with van der Waals surface area (Å²) in [7, 11) is 1.31. The monoisotopic (exact) mass is 295 g/mol. The SMILES string of the molecule is COc1cc(C(=O)N2CCCCC2(C)C(=O)O)ccc1F. The van der Waals surface area contributed by atoms with E-state index in [9.17, 15) is 19.1 Å². The van der Waals surface area contributed by atoms with Crippen molar-refractivity contribution in [2.24, 2.45) is 0 Å². The Kier molecular flexibility index (Phi) is 4.16. The number of benzene rings is 1. The summed E-state index contributed by atoms with van der Waals surface area (Å²) in [5.41, 5.74) is -1.00. The van der Waals surface area contributed by atoms with Crippen LogP contribution in [0.3, 0.4) is 0 Å². The van der Waals surface area contributed by atoms with Crippen LogP contribution in [-0.4, -0.2) is 41.1 Å². The molecule has 1 saturated heterocycles. The molecule has 5 nitrogen and oxygen atoms in total. The average Bonchev–Trinajstić information content (AvgIpc) is 2.47. The van der Waals surface area contributed by atoms with Crippen molar-refractivity contribution in [1.82, 2.24) is 4.90 Å². The third-order valence-corrected chi connectivity index (χ3v) is 3.99. The number of carbonyl (C=O) groups is 2. The molecule has 0 aliphatic carbocycles. The predicted molar refractivity (Wildman–Crippen MR) is 73.9 cm³/mol. The van der Waals surface area contributed by atoms with Gasteiger partial charge >= 0.3 is 5.97 Å². The summed E-state index contributed by atoms with van der Waals surface area (Å²) < 4.78 is 18.3. The first-order chi connectivity index (χ1) is 9.90. The molecule has 1 aromatic rings. The van der Waals surface area contributed by atoms with Crippen molar-refractivity contribution in [1.29, 1.82) is 0 Å². The number of methoxy groups -OCH3 is 1. The van der Waals surface area contributed by atoms with Gasteiger partial charge in [-0.25, -0.2) is 9.18 Å². The first-order valence-electron chi connectivity index (χ1n) is 6.79. The minimum atomic E-state index is -1.23. The van der Waals surface area contributed by atoms with Crippen molar-refractivity contribution in [3.8, 4) is 5.75 Å². The third-order valence-electron chi connectivity index (χ3n) is 3.99. The molecule has 1 fully saturated rings. The number of hydrogen-bond acceptors (Lipinski definition) is 3. The van der Waals surface area contributed by atoms with Gasteiger partial charge in [-0.15, -0.1) is 0 Å². The van der Waals surface area contributed by atoms with Crippen LogP contribution in [0.4, 0.5) is 4.39 Å². The Morgan fingerprint density at radius 2 is 2.10 bits per heavy atom. The van der Waals surface area contributed by atoms with Crippen LogP contribution in [0, 0.1) is 5.82 Å². The van der Waals surface area contributed by atoms with Gasteiger partial charge < -0.3 is 14.7 Å². The minimum absolute atomic E-state index is 0.0325. The van der Waals surface area contributed by atoms with Crippen LogP contribution in [0.15, 0.2) is 18.2 Å². The number of piperidine rings is 1. The van der Waals surface area contributed by atoms with Crippen molar-refractivity contribution >= 4 is 11.9 Å². The van der Waals surface area contributed by atoms with E-state index in [1.54, 1.807) is 6.92 Å². The topological polar surface area (TPSA) is 66.8 Å². The Bertz CT molecular complexity index is 575. The van der Waals surface area contributed by atoms with Gasteiger partial charge in [-0.3, -0.25) is 4.79 Å². The molecule has 1 aromatic carbocycles. The van der Waals surface area contributed by atoms with E-state index >= 15 is 0 Å². The number of carboxylic acids is 1. The van der Waals surface area contributed by atoms with Crippen molar-refractivity contribution in [2.45, 2.75) is 31.7 Å². The summed E-state index contributed by atoms with van der Waals surface area (Å²) in [5, 5.41) is 9.43. The highest BCUT2D eigenvalue weighted by Gasteiger charge is 2.44. The van der Waals surface area contributed by atoms with Crippen molar-refractivity contribution < 1.29 is 23.8 Å². The second kappa shape index (κ2) is 5.71. The molecule has 0 bridgehead atoms. The van der Waals surface area contributed by atoms with Gasteiger partial charge in [0.15, 0.2) is 11.6 Å². The summed E-state index contributed by atoms with van der Waals surface area (Å²) in [4.78, 5) is 25.5. The van der Waals surface area contributed by atoms with Gasteiger partial charge in [-0.2, -0.15) is 0 Å². The fraction of sp³-hybridized carbons (Fsp3) is 0.467. The summed E-state index contributed by atoms with van der Waals surface area (Å²) >= 11 is 0. The second-order valence-corrected chi connectivity index (χ2v) is 5.34. The zero-order valence-corrected chi connectivity index (χ0v) is 12.1. The molecule has 1 heterocycles. The molecule has 1 aliphatic rings. The van der Waals surface area contributed by atoms with Gasteiger partial charge in [0.1, 0.15) is 5.54 Å². The number of halogens is 1. The number of amides is 1. The molecule has 1 unspecified atom stereocenters. The molecule has 0 spiro atoms. The van der Waals surface area contributed by atoms with Crippen LogP contribution in [0.2, 0.25) is 0 Å². The Labute approximate surface area is 122 Å². The van der Waals surface area contributed by atoms with E-state index in [1.165, 1.54) is 24.1 Å². The van der Waals surface area contributed by atoms with Crippen LogP contribution in [-0.2, 0) is 4.79 Å². The number of carboxylic acid groups (broad SMARTS) is 1. The highest BCUT2D eigenvalue weighted by molar-refractivity contribution is 5.98. The van der Waals surface area contributed by atoms with Crippen LogP contribution >= 0.6 is 0 Å². The fourth-order valence-corrected chi connectivity index (χ4v) is 2.62. The molecular weight excluding hydrogens is 277 g/mol.